The number of hydrogen-bond acceptors (Lipinski definition) is 7. The molecule has 1 aliphatic heterocycles. The van der Waals surface area contributed by atoms with Crippen LogP contribution >= 0.6 is 0 Å². The summed E-state index contributed by atoms with van der Waals surface area (Å²) in [5.74, 6) is 0. The second-order valence-electron chi connectivity index (χ2n) is 2.21. The lowest BCUT2D eigenvalue weighted by Gasteiger charge is -2.34. The van der Waals surface area contributed by atoms with Gasteiger partial charge in [0.05, 0.1) is 0 Å². The first-order valence-corrected chi connectivity index (χ1v) is 5.74. The lowest BCUT2D eigenvalue weighted by molar-refractivity contribution is -0.134. The third kappa shape index (κ3) is 1.82. The van der Waals surface area contributed by atoms with Gasteiger partial charge >= 0.3 is 25.6 Å². The van der Waals surface area contributed by atoms with Crippen molar-refractivity contribution >= 4 is 20.5 Å². The van der Waals surface area contributed by atoms with E-state index in [1.807, 2.05) is 0 Å². The molecule has 0 saturated carbocycles. The summed E-state index contributed by atoms with van der Waals surface area (Å²) in [7, 11) is -9.19. The smallest absolute Gasteiger partial charge is 0.396 e. The fourth-order valence-electron chi connectivity index (χ4n) is 0.752. The monoisotopic (exact) mass is 234 g/mol. The van der Waals surface area contributed by atoms with E-state index in [4.69, 9.17) is 9.66 Å². The molecule has 0 spiro atoms. The van der Waals surface area contributed by atoms with Crippen LogP contribution in [0.5, 0.6) is 0 Å². The molecule has 0 bridgehead atoms. The molecule has 1 aliphatic rings. The molecule has 0 radical (unpaired) electrons. The van der Waals surface area contributed by atoms with Crippen LogP contribution in [0.2, 0.25) is 0 Å². The summed E-state index contributed by atoms with van der Waals surface area (Å²) in [5.41, 5.74) is 0. The van der Waals surface area contributed by atoms with Crippen molar-refractivity contribution in [2.24, 2.45) is 0 Å². The van der Waals surface area contributed by atoms with Crippen molar-refractivity contribution in [3.05, 3.63) is 0 Å². The zero-order valence-corrected chi connectivity index (χ0v) is 7.71. The van der Waals surface area contributed by atoms with Crippen molar-refractivity contribution < 1.29 is 34.9 Å². The van der Waals surface area contributed by atoms with Crippen LogP contribution in [0, 0.1) is 0 Å². The van der Waals surface area contributed by atoms with E-state index in [1.165, 1.54) is 0 Å². The Morgan fingerprint density at radius 3 is 2.00 bits per heavy atom. The van der Waals surface area contributed by atoms with E-state index in [-0.39, 0.29) is 0 Å². The summed E-state index contributed by atoms with van der Waals surface area (Å²) in [5, 5.41) is 5.70. The molecule has 8 nitrogen and oxygen atoms in total. The molecule has 0 unspecified atom stereocenters. The fourth-order valence-corrected chi connectivity index (χ4v) is 3.09. The molecule has 78 valence electrons. The van der Waals surface area contributed by atoms with Crippen LogP contribution in [0.25, 0.3) is 0 Å². The summed E-state index contributed by atoms with van der Waals surface area (Å²) >= 11 is 0. The van der Waals surface area contributed by atoms with E-state index in [0.29, 0.717) is 0 Å². The number of rotatable bonds is 3. The van der Waals surface area contributed by atoms with Gasteiger partial charge in [-0.25, -0.2) is 0 Å². The van der Waals surface area contributed by atoms with Gasteiger partial charge in [0.25, 0.3) is 0 Å². The van der Waals surface area contributed by atoms with Gasteiger partial charge in [-0.15, -0.1) is 0 Å². The predicted octanol–water partition coefficient (Wildman–Crippen LogP) is -1.80. The Morgan fingerprint density at radius 1 is 1.31 bits per heavy atom. The lowest BCUT2D eigenvalue weighted by Crippen LogP contribution is -2.56. The first-order chi connectivity index (χ1) is 5.72. The molecular formula is C3H6O8S2. The van der Waals surface area contributed by atoms with Crippen molar-refractivity contribution in [1.29, 1.82) is 0 Å². The second-order valence-corrected chi connectivity index (χ2v) is 4.93. The summed E-state index contributed by atoms with van der Waals surface area (Å²) in [4.78, 5) is 0. The van der Waals surface area contributed by atoms with Crippen LogP contribution < -0.4 is 0 Å². The van der Waals surface area contributed by atoms with Gasteiger partial charge in [-0.2, -0.15) is 25.2 Å². The van der Waals surface area contributed by atoms with Crippen LogP contribution in [0.1, 0.15) is 6.42 Å². The number of aliphatic hydroxyl groups is 1. The zero-order chi connectivity index (χ0) is 10.3. The zero-order valence-electron chi connectivity index (χ0n) is 6.07. The molecule has 0 atom stereocenters. The standard InChI is InChI=1S/C3H6O8S2/c4-2-1-3(12(5,6)7)10-13(8,9)11-3/h4H,1-2H2,(H,5,6,7). The Morgan fingerprint density at radius 2 is 1.77 bits per heavy atom. The Hall–Kier alpha value is -0.260. The quantitative estimate of drug-likeness (QED) is 0.547. The van der Waals surface area contributed by atoms with Crippen LogP contribution in [-0.2, 0) is 28.9 Å². The van der Waals surface area contributed by atoms with Gasteiger partial charge in [-0.1, -0.05) is 0 Å². The van der Waals surface area contributed by atoms with Crippen molar-refractivity contribution in [3.63, 3.8) is 0 Å². The summed E-state index contributed by atoms with van der Waals surface area (Å²) in [6.07, 6.45) is -0.689. The largest absolute Gasteiger partial charge is 0.407 e. The van der Waals surface area contributed by atoms with Gasteiger partial charge in [0.15, 0.2) is 0 Å². The van der Waals surface area contributed by atoms with E-state index in [1.54, 1.807) is 0 Å². The Balaban J connectivity index is 2.97. The van der Waals surface area contributed by atoms with Crippen molar-refractivity contribution in [2.45, 2.75) is 11.5 Å². The number of aliphatic hydroxyl groups excluding tert-OH is 1. The highest BCUT2D eigenvalue weighted by atomic mass is 32.3. The van der Waals surface area contributed by atoms with Crippen molar-refractivity contribution in [1.82, 2.24) is 0 Å². The van der Waals surface area contributed by atoms with E-state index >= 15 is 0 Å². The molecule has 13 heavy (non-hydrogen) atoms. The SMILES string of the molecule is O=S1(=O)OC(CCO)(S(=O)(=O)O)O1. The van der Waals surface area contributed by atoms with Gasteiger partial charge < -0.3 is 5.11 Å². The second kappa shape index (κ2) is 2.87. The lowest BCUT2D eigenvalue weighted by atomic mass is 10.4. The van der Waals surface area contributed by atoms with Crippen LogP contribution in [0.4, 0.5) is 0 Å². The third-order valence-electron chi connectivity index (χ3n) is 1.27. The normalized spacial score (nSPS) is 25.1. The van der Waals surface area contributed by atoms with E-state index in [2.05, 4.69) is 8.37 Å². The maximum atomic E-state index is 10.5. The molecule has 2 N–H and O–H groups in total. The molecule has 0 aromatic heterocycles. The molecule has 0 aromatic rings. The first kappa shape index (κ1) is 10.8. The van der Waals surface area contributed by atoms with E-state index in [9.17, 15) is 16.8 Å². The highest BCUT2D eigenvalue weighted by molar-refractivity contribution is 7.91. The maximum Gasteiger partial charge on any atom is 0.407 e. The Bertz CT molecular complexity index is 377. The molecule has 0 aromatic carbocycles. The molecule has 1 rings (SSSR count). The topological polar surface area (TPSA) is 127 Å². The van der Waals surface area contributed by atoms with Crippen LogP contribution in [0.15, 0.2) is 0 Å². The third-order valence-corrected chi connectivity index (χ3v) is 3.58. The van der Waals surface area contributed by atoms with Crippen LogP contribution in [0.3, 0.4) is 0 Å². The molecule has 0 aliphatic carbocycles. The molecule has 1 heterocycles. The summed E-state index contributed by atoms with van der Waals surface area (Å²) < 4.78 is 58.0. The average Bonchev–Trinajstić information content (AvgIpc) is 1.80. The number of hydrogen-bond donors (Lipinski definition) is 2. The maximum absolute atomic E-state index is 10.5. The fraction of sp³-hybridized carbons (Fsp3) is 1.00. The summed E-state index contributed by atoms with van der Waals surface area (Å²) in [6.45, 7) is -0.713. The van der Waals surface area contributed by atoms with Crippen molar-refractivity contribution in [2.75, 3.05) is 6.61 Å². The average molecular weight is 234 g/mol. The van der Waals surface area contributed by atoms with E-state index < -0.39 is 38.7 Å². The Kier molecular flexibility index (Phi) is 2.38. The minimum absolute atomic E-state index is 0.689. The highest BCUT2D eigenvalue weighted by Crippen LogP contribution is 2.37. The first-order valence-electron chi connectivity index (χ1n) is 2.96. The van der Waals surface area contributed by atoms with Gasteiger partial charge in [-0.3, -0.25) is 4.55 Å². The van der Waals surface area contributed by atoms with Gasteiger partial charge in [0.2, 0.25) is 0 Å². The van der Waals surface area contributed by atoms with Crippen LogP contribution in [-0.4, -0.2) is 38.2 Å². The van der Waals surface area contributed by atoms with E-state index in [0.717, 1.165) is 0 Å². The summed E-state index contributed by atoms with van der Waals surface area (Å²) in [6, 6.07) is 0. The predicted molar refractivity (Wildman–Crippen MR) is 37.1 cm³/mol. The van der Waals surface area contributed by atoms with Gasteiger partial charge in [-0.05, 0) is 0 Å². The minimum Gasteiger partial charge on any atom is -0.396 e. The van der Waals surface area contributed by atoms with Gasteiger partial charge in [0.1, 0.15) is 0 Å². The molecule has 10 heteroatoms. The molecule has 0 amide bonds. The molecule has 1 saturated heterocycles. The molecular weight excluding hydrogens is 228 g/mol. The molecule has 1 fully saturated rings. The van der Waals surface area contributed by atoms with Gasteiger partial charge in [0, 0.05) is 13.0 Å². The van der Waals surface area contributed by atoms with Crippen molar-refractivity contribution in [3.8, 4) is 0 Å². The highest BCUT2D eigenvalue weighted by Gasteiger charge is 2.61. The minimum atomic E-state index is -4.84. The Labute approximate surface area is 74.2 Å².